The fourth-order valence-corrected chi connectivity index (χ4v) is 4.63. The van der Waals surface area contributed by atoms with Gasteiger partial charge < -0.3 is 14.8 Å². The molecule has 0 aliphatic heterocycles. The molecule has 0 bridgehead atoms. The Kier molecular flexibility index (Phi) is 7.95. The topological polar surface area (TPSA) is 84.9 Å². The Morgan fingerprint density at radius 3 is 2.36 bits per heavy atom. The van der Waals surface area contributed by atoms with Crippen molar-refractivity contribution in [3.63, 3.8) is 0 Å². The van der Waals surface area contributed by atoms with Crippen LogP contribution in [-0.4, -0.2) is 34.6 Å². The van der Waals surface area contributed by atoms with E-state index in [1.54, 1.807) is 36.4 Å². The van der Waals surface area contributed by atoms with Gasteiger partial charge in [-0.15, -0.1) is 0 Å². The summed E-state index contributed by atoms with van der Waals surface area (Å²) >= 11 is 0. The minimum absolute atomic E-state index is 0.105. The van der Waals surface area contributed by atoms with E-state index in [0.29, 0.717) is 23.8 Å². The molecule has 33 heavy (non-hydrogen) atoms. The van der Waals surface area contributed by atoms with E-state index in [9.17, 15) is 13.2 Å². The standard InChI is InChI=1S/C25H28N2O5S/c1-4-32-23-10-5-7-20(15-23)17-26-25(28)18-27(21-8-6-9-22(16-21)31-3)33(29,30)24-13-11-19(2)12-14-24/h5-16H,4,17-18H2,1-3H3,(H,26,28). The van der Waals surface area contributed by atoms with E-state index in [-0.39, 0.29) is 18.0 Å². The van der Waals surface area contributed by atoms with Crippen molar-refractivity contribution in [3.05, 3.63) is 83.9 Å². The third-order valence-corrected chi connectivity index (χ3v) is 6.72. The fourth-order valence-electron chi connectivity index (χ4n) is 3.22. The maximum Gasteiger partial charge on any atom is 0.264 e. The summed E-state index contributed by atoms with van der Waals surface area (Å²) in [5.41, 5.74) is 2.13. The number of ether oxygens (including phenoxy) is 2. The van der Waals surface area contributed by atoms with E-state index in [2.05, 4.69) is 5.32 Å². The van der Waals surface area contributed by atoms with Gasteiger partial charge in [-0.2, -0.15) is 0 Å². The molecule has 0 saturated carbocycles. The number of benzene rings is 3. The van der Waals surface area contributed by atoms with Gasteiger partial charge in [0.2, 0.25) is 5.91 Å². The van der Waals surface area contributed by atoms with E-state index < -0.39 is 15.9 Å². The lowest BCUT2D eigenvalue weighted by molar-refractivity contribution is -0.119. The number of rotatable bonds is 10. The fraction of sp³-hybridized carbons (Fsp3) is 0.240. The van der Waals surface area contributed by atoms with Gasteiger partial charge in [0.15, 0.2) is 0 Å². The lowest BCUT2D eigenvalue weighted by atomic mass is 10.2. The first kappa shape index (κ1) is 24.1. The molecule has 3 aromatic carbocycles. The number of carbonyl (C=O) groups is 1. The molecule has 0 fully saturated rings. The maximum absolute atomic E-state index is 13.5. The Balaban J connectivity index is 1.84. The van der Waals surface area contributed by atoms with Crippen molar-refractivity contribution < 1.29 is 22.7 Å². The summed E-state index contributed by atoms with van der Waals surface area (Å²) in [4.78, 5) is 12.9. The molecular formula is C25H28N2O5S. The molecule has 0 aliphatic rings. The molecule has 0 aromatic heterocycles. The minimum Gasteiger partial charge on any atom is -0.497 e. The first-order chi connectivity index (χ1) is 15.8. The Bertz CT molecular complexity index is 1190. The van der Waals surface area contributed by atoms with E-state index in [1.165, 1.54) is 19.2 Å². The van der Waals surface area contributed by atoms with Crippen LogP contribution in [0, 0.1) is 6.92 Å². The van der Waals surface area contributed by atoms with Crippen LogP contribution in [0.5, 0.6) is 11.5 Å². The number of nitrogens with zero attached hydrogens (tertiary/aromatic N) is 1. The third-order valence-electron chi connectivity index (χ3n) is 4.94. The molecule has 0 saturated heterocycles. The molecule has 0 radical (unpaired) electrons. The number of carbonyl (C=O) groups excluding carboxylic acids is 1. The lowest BCUT2D eigenvalue weighted by Crippen LogP contribution is -2.40. The zero-order chi connectivity index (χ0) is 23.8. The smallest absolute Gasteiger partial charge is 0.264 e. The zero-order valence-corrected chi connectivity index (χ0v) is 19.8. The Labute approximate surface area is 195 Å². The number of nitrogens with one attached hydrogen (secondary N) is 1. The molecule has 7 nitrogen and oxygen atoms in total. The van der Waals surface area contributed by atoms with Gasteiger partial charge in [0.25, 0.3) is 10.0 Å². The van der Waals surface area contributed by atoms with Crippen molar-refractivity contribution in [2.45, 2.75) is 25.3 Å². The van der Waals surface area contributed by atoms with Crippen molar-refractivity contribution in [1.29, 1.82) is 0 Å². The number of anilines is 1. The molecule has 3 aromatic rings. The highest BCUT2D eigenvalue weighted by atomic mass is 32.2. The van der Waals surface area contributed by atoms with Crippen LogP contribution in [-0.2, 0) is 21.4 Å². The van der Waals surface area contributed by atoms with Gasteiger partial charge in [-0.1, -0.05) is 35.9 Å². The highest BCUT2D eigenvalue weighted by Crippen LogP contribution is 2.27. The van der Waals surface area contributed by atoms with Gasteiger partial charge in [0, 0.05) is 12.6 Å². The summed E-state index contributed by atoms with van der Waals surface area (Å²) in [6, 6.07) is 20.5. The van der Waals surface area contributed by atoms with Gasteiger partial charge >= 0.3 is 0 Å². The molecule has 8 heteroatoms. The zero-order valence-electron chi connectivity index (χ0n) is 18.9. The number of amides is 1. The Hall–Kier alpha value is -3.52. The van der Waals surface area contributed by atoms with Crippen LogP contribution in [0.1, 0.15) is 18.1 Å². The van der Waals surface area contributed by atoms with E-state index in [0.717, 1.165) is 15.4 Å². The van der Waals surface area contributed by atoms with E-state index in [4.69, 9.17) is 9.47 Å². The highest BCUT2D eigenvalue weighted by molar-refractivity contribution is 7.92. The normalized spacial score (nSPS) is 11.0. The summed E-state index contributed by atoms with van der Waals surface area (Å²) in [5, 5.41) is 2.80. The number of hydrogen-bond donors (Lipinski definition) is 1. The number of hydrogen-bond acceptors (Lipinski definition) is 5. The van der Waals surface area contributed by atoms with Gasteiger partial charge in [-0.05, 0) is 55.8 Å². The number of aryl methyl sites for hydroxylation is 1. The van der Waals surface area contributed by atoms with Gasteiger partial charge in [-0.3, -0.25) is 9.10 Å². The SMILES string of the molecule is CCOc1cccc(CNC(=O)CN(c2cccc(OC)c2)S(=O)(=O)c2ccc(C)cc2)c1. The molecule has 0 spiro atoms. The average Bonchev–Trinajstić information content (AvgIpc) is 2.82. The van der Waals surface area contributed by atoms with E-state index >= 15 is 0 Å². The summed E-state index contributed by atoms with van der Waals surface area (Å²) in [5.74, 6) is 0.768. The predicted octanol–water partition coefficient (Wildman–Crippen LogP) is 3.91. The van der Waals surface area contributed by atoms with Crippen LogP contribution in [0.4, 0.5) is 5.69 Å². The van der Waals surface area contributed by atoms with E-state index in [1.807, 2.05) is 38.1 Å². The van der Waals surface area contributed by atoms with Crippen molar-refractivity contribution in [3.8, 4) is 11.5 Å². The summed E-state index contributed by atoms with van der Waals surface area (Å²) < 4.78 is 38.7. The minimum atomic E-state index is -3.99. The van der Waals surface area contributed by atoms with Crippen molar-refractivity contribution >= 4 is 21.6 Å². The van der Waals surface area contributed by atoms with Crippen molar-refractivity contribution in [2.75, 3.05) is 24.6 Å². The first-order valence-electron chi connectivity index (χ1n) is 10.6. The van der Waals surface area contributed by atoms with Crippen LogP contribution in [0.3, 0.4) is 0 Å². The monoisotopic (exact) mass is 468 g/mol. The van der Waals surface area contributed by atoms with Crippen LogP contribution >= 0.6 is 0 Å². The molecule has 0 heterocycles. The lowest BCUT2D eigenvalue weighted by Gasteiger charge is -2.24. The van der Waals surface area contributed by atoms with Crippen LogP contribution in [0.25, 0.3) is 0 Å². The van der Waals surface area contributed by atoms with Crippen LogP contribution in [0.15, 0.2) is 77.7 Å². The molecule has 1 amide bonds. The second kappa shape index (κ2) is 10.9. The van der Waals surface area contributed by atoms with Crippen molar-refractivity contribution in [2.24, 2.45) is 0 Å². The second-order valence-electron chi connectivity index (χ2n) is 7.38. The number of methoxy groups -OCH3 is 1. The summed E-state index contributed by atoms with van der Waals surface area (Å²) in [6.07, 6.45) is 0. The molecule has 3 rings (SSSR count). The molecular weight excluding hydrogens is 440 g/mol. The summed E-state index contributed by atoms with van der Waals surface area (Å²) in [6.45, 7) is 4.19. The van der Waals surface area contributed by atoms with Gasteiger partial charge in [0.05, 0.1) is 24.3 Å². The quantitative estimate of drug-likeness (QED) is 0.488. The molecule has 1 N–H and O–H groups in total. The first-order valence-corrected chi connectivity index (χ1v) is 12.0. The van der Waals surface area contributed by atoms with Crippen LogP contribution in [0.2, 0.25) is 0 Å². The van der Waals surface area contributed by atoms with Gasteiger partial charge in [0.1, 0.15) is 18.0 Å². The molecule has 0 aliphatic carbocycles. The average molecular weight is 469 g/mol. The molecule has 174 valence electrons. The predicted molar refractivity (Wildman–Crippen MR) is 128 cm³/mol. The second-order valence-corrected chi connectivity index (χ2v) is 9.25. The highest BCUT2D eigenvalue weighted by Gasteiger charge is 2.27. The largest absolute Gasteiger partial charge is 0.497 e. The molecule has 0 atom stereocenters. The maximum atomic E-state index is 13.5. The number of sulfonamides is 1. The third kappa shape index (κ3) is 6.26. The Morgan fingerprint density at radius 1 is 0.970 bits per heavy atom. The van der Waals surface area contributed by atoms with Gasteiger partial charge in [-0.25, -0.2) is 8.42 Å². The van der Waals surface area contributed by atoms with Crippen molar-refractivity contribution in [1.82, 2.24) is 5.32 Å². The van der Waals surface area contributed by atoms with Crippen LogP contribution < -0.4 is 19.1 Å². The Morgan fingerprint density at radius 2 is 1.67 bits per heavy atom. The molecule has 0 unspecified atom stereocenters. The summed E-state index contributed by atoms with van der Waals surface area (Å²) in [7, 11) is -2.49.